The number of thiol groups is 1. The maximum atomic E-state index is 10.1. The zero-order valence-corrected chi connectivity index (χ0v) is 8.50. The molecule has 0 aromatic heterocycles. The summed E-state index contributed by atoms with van der Waals surface area (Å²) in [7, 11) is -2.20. The van der Waals surface area contributed by atoms with Crippen molar-refractivity contribution < 1.29 is 8.42 Å². The van der Waals surface area contributed by atoms with E-state index >= 15 is 0 Å². The standard InChI is InChI=1S/C6H14N2O2S2/c7-6(11)8-4-2-1-3-5-12(9)10/h12H,1-5H2,(H3,7,8,11). The molecule has 6 heteroatoms. The Morgan fingerprint density at radius 1 is 1.33 bits per heavy atom. The molecule has 0 amide bonds. The average Bonchev–Trinajstić information content (AvgIpc) is 1.95. The summed E-state index contributed by atoms with van der Waals surface area (Å²) >= 11 is 4.58. The summed E-state index contributed by atoms with van der Waals surface area (Å²) in [5.74, 6) is 0.280. The third-order valence-corrected chi connectivity index (χ3v) is 2.14. The van der Waals surface area contributed by atoms with E-state index in [4.69, 9.17) is 5.73 Å². The van der Waals surface area contributed by atoms with Gasteiger partial charge in [0.05, 0.1) is 0 Å². The van der Waals surface area contributed by atoms with Crippen molar-refractivity contribution in [3.63, 3.8) is 0 Å². The molecule has 12 heavy (non-hydrogen) atoms. The highest BCUT2D eigenvalue weighted by atomic mass is 32.2. The Hall–Kier alpha value is -0.360. The average molecular weight is 210 g/mol. The van der Waals surface area contributed by atoms with Gasteiger partial charge in [-0.3, -0.25) is 0 Å². The third-order valence-electron chi connectivity index (χ3n) is 1.32. The van der Waals surface area contributed by atoms with Crippen LogP contribution in [-0.2, 0) is 10.7 Å². The number of nitrogens with one attached hydrogen (secondary N) is 1. The van der Waals surface area contributed by atoms with E-state index in [0.717, 1.165) is 25.8 Å². The molecule has 0 rings (SSSR count). The lowest BCUT2D eigenvalue weighted by Crippen LogP contribution is -2.29. The second-order valence-corrected chi connectivity index (χ2v) is 3.96. The molecule has 3 N–H and O–H groups in total. The van der Waals surface area contributed by atoms with Crippen molar-refractivity contribution in [3.8, 4) is 0 Å². The SMILES string of the molecule is NC(=S)NCCCCC[SH](=O)=O. The van der Waals surface area contributed by atoms with Crippen LogP contribution in [0.5, 0.6) is 0 Å². The van der Waals surface area contributed by atoms with E-state index in [0.29, 0.717) is 5.11 Å². The fourth-order valence-electron chi connectivity index (χ4n) is 0.754. The van der Waals surface area contributed by atoms with Gasteiger partial charge >= 0.3 is 0 Å². The fraction of sp³-hybridized carbons (Fsp3) is 0.833. The first-order valence-corrected chi connectivity index (χ1v) is 5.55. The molecule has 0 saturated carbocycles. The molecule has 0 fully saturated rings. The molecule has 0 aliphatic heterocycles. The lowest BCUT2D eigenvalue weighted by molar-refractivity contribution is 0.607. The normalized spacial score (nSPS) is 10.1. The van der Waals surface area contributed by atoms with Crippen molar-refractivity contribution >= 4 is 28.0 Å². The number of rotatable bonds is 6. The Morgan fingerprint density at radius 2 is 2.00 bits per heavy atom. The van der Waals surface area contributed by atoms with Gasteiger partial charge in [0.2, 0.25) is 0 Å². The van der Waals surface area contributed by atoms with Gasteiger partial charge in [0.25, 0.3) is 0 Å². The lowest BCUT2D eigenvalue weighted by atomic mass is 10.2. The molecule has 72 valence electrons. The predicted molar refractivity (Wildman–Crippen MR) is 53.8 cm³/mol. The van der Waals surface area contributed by atoms with Crippen LogP contribution in [0.1, 0.15) is 19.3 Å². The van der Waals surface area contributed by atoms with E-state index in [1.54, 1.807) is 0 Å². The maximum absolute atomic E-state index is 10.1. The molecule has 0 aromatic carbocycles. The molecule has 0 bridgehead atoms. The summed E-state index contributed by atoms with van der Waals surface area (Å²) in [6.07, 6.45) is 2.51. The van der Waals surface area contributed by atoms with Crippen LogP contribution in [0.15, 0.2) is 0 Å². The van der Waals surface area contributed by atoms with Crippen LogP contribution >= 0.6 is 12.2 Å². The minimum atomic E-state index is -2.20. The van der Waals surface area contributed by atoms with Gasteiger partial charge < -0.3 is 11.1 Å². The van der Waals surface area contributed by atoms with Crippen LogP contribution in [-0.4, -0.2) is 25.8 Å². The molecule has 0 radical (unpaired) electrons. The van der Waals surface area contributed by atoms with E-state index in [1.165, 1.54) is 0 Å². The van der Waals surface area contributed by atoms with Crippen LogP contribution in [0.4, 0.5) is 0 Å². The molecule has 4 nitrogen and oxygen atoms in total. The molecule has 0 aliphatic carbocycles. The van der Waals surface area contributed by atoms with Crippen molar-refractivity contribution in [2.45, 2.75) is 19.3 Å². The maximum Gasteiger partial charge on any atom is 0.163 e. The summed E-state index contributed by atoms with van der Waals surface area (Å²) in [5.41, 5.74) is 5.18. The first kappa shape index (κ1) is 11.6. The van der Waals surface area contributed by atoms with Gasteiger partial charge in [0.15, 0.2) is 5.11 Å². The monoisotopic (exact) mass is 210 g/mol. The minimum Gasteiger partial charge on any atom is -0.376 e. The first-order valence-electron chi connectivity index (χ1n) is 3.78. The molecular weight excluding hydrogens is 196 g/mol. The third kappa shape index (κ3) is 9.64. The van der Waals surface area contributed by atoms with Gasteiger partial charge in [-0.05, 0) is 25.1 Å². The Balaban J connectivity index is 3.06. The van der Waals surface area contributed by atoms with E-state index in [9.17, 15) is 8.42 Å². The van der Waals surface area contributed by atoms with Crippen molar-refractivity contribution in [1.29, 1.82) is 0 Å². The number of hydrogen-bond donors (Lipinski definition) is 3. The summed E-state index contributed by atoms with van der Waals surface area (Å²) in [6.45, 7) is 0.727. The second-order valence-electron chi connectivity index (χ2n) is 2.41. The highest BCUT2D eigenvalue weighted by Gasteiger charge is 1.91. The van der Waals surface area contributed by atoms with Crippen molar-refractivity contribution in [2.75, 3.05) is 12.3 Å². The lowest BCUT2D eigenvalue weighted by Gasteiger charge is -2.01. The number of hydrogen-bond acceptors (Lipinski definition) is 3. The Bertz CT molecular complexity index is 196. The molecule has 0 aromatic rings. The smallest absolute Gasteiger partial charge is 0.163 e. The van der Waals surface area contributed by atoms with Gasteiger partial charge in [-0.25, -0.2) is 8.42 Å². The highest BCUT2D eigenvalue weighted by Crippen LogP contribution is 1.93. The van der Waals surface area contributed by atoms with Gasteiger partial charge in [-0.1, -0.05) is 6.42 Å². The molecule has 0 saturated heterocycles. The van der Waals surface area contributed by atoms with E-state index in [1.807, 2.05) is 0 Å². The quantitative estimate of drug-likeness (QED) is 0.316. The summed E-state index contributed by atoms with van der Waals surface area (Å²) < 4.78 is 20.2. The Kier molecular flexibility index (Phi) is 7.08. The van der Waals surface area contributed by atoms with Gasteiger partial charge in [0, 0.05) is 12.3 Å². The van der Waals surface area contributed by atoms with Gasteiger partial charge in [-0.15, -0.1) is 0 Å². The van der Waals surface area contributed by atoms with Crippen molar-refractivity contribution in [2.24, 2.45) is 5.73 Å². The van der Waals surface area contributed by atoms with Crippen LogP contribution in [0.3, 0.4) is 0 Å². The highest BCUT2D eigenvalue weighted by molar-refractivity contribution is 7.80. The van der Waals surface area contributed by atoms with Crippen molar-refractivity contribution in [3.05, 3.63) is 0 Å². The number of unbranched alkanes of at least 4 members (excludes halogenated alkanes) is 2. The minimum absolute atomic E-state index is 0.280. The van der Waals surface area contributed by atoms with E-state index in [2.05, 4.69) is 17.5 Å². The van der Waals surface area contributed by atoms with Crippen LogP contribution in [0.25, 0.3) is 0 Å². The first-order chi connectivity index (χ1) is 5.63. The van der Waals surface area contributed by atoms with Gasteiger partial charge in [0.1, 0.15) is 10.7 Å². The molecule has 0 unspecified atom stereocenters. The zero-order valence-electron chi connectivity index (χ0n) is 6.78. The summed E-state index contributed by atoms with van der Waals surface area (Å²) in [4.78, 5) is 0. The topological polar surface area (TPSA) is 72.2 Å². The molecule has 0 spiro atoms. The molecule has 0 atom stereocenters. The van der Waals surface area contributed by atoms with Gasteiger partial charge in [-0.2, -0.15) is 0 Å². The number of nitrogens with two attached hydrogens (primary N) is 1. The van der Waals surface area contributed by atoms with Crippen LogP contribution < -0.4 is 11.1 Å². The van der Waals surface area contributed by atoms with Crippen LogP contribution in [0, 0.1) is 0 Å². The zero-order chi connectivity index (χ0) is 9.40. The molecule has 0 aliphatic rings. The van der Waals surface area contributed by atoms with E-state index in [-0.39, 0.29) is 5.75 Å². The Labute approximate surface area is 79.5 Å². The summed E-state index contributed by atoms with van der Waals surface area (Å²) in [6, 6.07) is 0. The number of thiocarbonyl (C=S) groups is 1. The Morgan fingerprint density at radius 3 is 2.50 bits per heavy atom. The van der Waals surface area contributed by atoms with Crippen molar-refractivity contribution in [1.82, 2.24) is 5.32 Å². The fourth-order valence-corrected chi connectivity index (χ4v) is 1.34. The predicted octanol–water partition coefficient (Wildman–Crippen LogP) is -0.399. The largest absolute Gasteiger partial charge is 0.376 e. The molecule has 0 heterocycles. The van der Waals surface area contributed by atoms with Crippen LogP contribution in [0.2, 0.25) is 0 Å². The molecular formula is C6H14N2O2S2. The second kappa shape index (κ2) is 7.30. The van der Waals surface area contributed by atoms with E-state index < -0.39 is 10.7 Å². The summed E-state index contributed by atoms with van der Waals surface area (Å²) in [5, 5.41) is 3.09.